The van der Waals surface area contributed by atoms with Crippen LogP contribution >= 0.6 is 11.8 Å². The van der Waals surface area contributed by atoms with Crippen LogP contribution in [0.5, 0.6) is 0 Å². The van der Waals surface area contributed by atoms with Crippen molar-refractivity contribution in [2.75, 3.05) is 14.1 Å². The fourth-order valence-corrected chi connectivity index (χ4v) is 2.31. The van der Waals surface area contributed by atoms with E-state index in [-0.39, 0.29) is 16.6 Å². The Balaban J connectivity index is 3.25. The molecule has 0 aliphatic carbocycles. The normalized spacial score (nSPS) is 13.0. The lowest BCUT2D eigenvalue weighted by molar-refractivity contribution is -0.304. The summed E-state index contributed by atoms with van der Waals surface area (Å²) >= 11 is 0.986. The van der Waals surface area contributed by atoms with Crippen molar-refractivity contribution in [3.63, 3.8) is 0 Å². The number of amides is 1. The van der Waals surface area contributed by atoms with Crippen LogP contribution in [-0.2, 0) is 10.2 Å². The van der Waals surface area contributed by atoms with E-state index in [1.165, 1.54) is 4.90 Å². The quantitative estimate of drug-likeness (QED) is 0.761. The molecule has 7 nitrogen and oxygen atoms in total. The van der Waals surface area contributed by atoms with Gasteiger partial charge in [-0.25, -0.2) is 9.78 Å². The maximum absolute atomic E-state index is 12.2. The lowest BCUT2D eigenvalue weighted by atomic mass is 9.96. The minimum atomic E-state index is -1.17. The van der Waals surface area contributed by atoms with Crippen molar-refractivity contribution in [1.29, 1.82) is 0 Å². The van der Waals surface area contributed by atoms with Crippen molar-refractivity contribution in [3.05, 3.63) is 5.82 Å². The molecule has 21 heavy (non-hydrogen) atoms. The van der Waals surface area contributed by atoms with E-state index in [2.05, 4.69) is 10.1 Å². The number of thioether (sulfide) groups is 1. The van der Waals surface area contributed by atoms with Gasteiger partial charge in [0.2, 0.25) is 0 Å². The highest BCUT2D eigenvalue weighted by molar-refractivity contribution is 8.00. The molecule has 1 aromatic rings. The van der Waals surface area contributed by atoms with E-state index in [0.29, 0.717) is 12.2 Å². The third-order valence-corrected chi connectivity index (χ3v) is 3.98. The Kier molecular flexibility index (Phi) is 5.38. The van der Waals surface area contributed by atoms with Crippen LogP contribution in [0, 0.1) is 0 Å². The second-order valence-corrected chi connectivity index (χ2v) is 7.06. The van der Waals surface area contributed by atoms with Crippen molar-refractivity contribution < 1.29 is 14.7 Å². The average Bonchev–Trinajstić information content (AvgIpc) is 2.77. The number of carboxylic acids is 1. The summed E-state index contributed by atoms with van der Waals surface area (Å²) in [7, 11) is 3.20. The minimum Gasteiger partial charge on any atom is -0.549 e. The first-order valence-electron chi connectivity index (χ1n) is 6.64. The number of hydrogen-bond acceptors (Lipinski definition) is 6. The topological polar surface area (TPSA) is 91.2 Å². The SMILES string of the molecule is CCC(Sc1nc(C(C)(C)C)nn1C(=O)N(C)C)C(=O)[O-]. The summed E-state index contributed by atoms with van der Waals surface area (Å²) in [4.78, 5) is 28.9. The summed E-state index contributed by atoms with van der Waals surface area (Å²) in [6.07, 6.45) is 0.376. The number of nitrogens with zero attached hydrogens (tertiary/aromatic N) is 4. The van der Waals surface area contributed by atoms with Crippen molar-refractivity contribution >= 4 is 23.8 Å². The smallest absolute Gasteiger partial charge is 0.346 e. The first-order valence-corrected chi connectivity index (χ1v) is 7.52. The van der Waals surface area contributed by atoms with Crippen LogP contribution < -0.4 is 5.11 Å². The second kappa shape index (κ2) is 6.46. The summed E-state index contributed by atoms with van der Waals surface area (Å²) in [5.74, 6) is -0.680. The third-order valence-electron chi connectivity index (χ3n) is 2.69. The van der Waals surface area contributed by atoms with Crippen LogP contribution in [-0.4, -0.2) is 51.0 Å². The number of carbonyl (C=O) groups is 2. The fraction of sp³-hybridized carbons (Fsp3) is 0.692. The van der Waals surface area contributed by atoms with Crippen LogP contribution in [0.1, 0.15) is 39.9 Å². The van der Waals surface area contributed by atoms with Gasteiger partial charge in [-0.2, -0.15) is 4.68 Å². The predicted octanol–water partition coefficient (Wildman–Crippen LogP) is 0.726. The highest BCUT2D eigenvalue weighted by Gasteiger charge is 2.26. The molecule has 0 N–H and O–H groups in total. The summed E-state index contributed by atoms with van der Waals surface area (Å²) < 4.78 is 1.15. The van der Waals surface area contributed by atoms with Crippen LogP contribution in [0.25, 0.3) is 0 Å². The van der Waals surface area contributed by atoms with Crippen LogP contribution in [0.3, 0.4) is 0 Å². The molecule has 0 radical (unpaired) electrons. The maximum Gasteiger partial charge on any atom is 0.346 e. The van der Waals surface area contributed by atoms with Gasteiger partial charge in [0.1, 0.15) is 0 Å². The van der Waals surface area contributed by atoms with E-state index in [1.807, 2.05) is 20.8 Å². The molecule has 1 unspecified atom stereocenters. The van der Waals surface area contributed by atoms with E-state index in [1.54, 1.807) is 21.0 Å². The monoisotopic (exact) mass is 313 g/mol. The Labute approximate surface area is 128 Å². The largest absolute Gasteiger partial charge is 0.549 e. The minimum absolute atomic E-state index is 0.273. The Morgan fingerprint density at radius 1 is 1.38 bits per heavy atom. The van der Waals surface area contributed by atoms with Crippen LogP contribution in [0.2, 0.25) is 0 Å². The molecule has 1 rings (SSSR count). The number of aromatic nitrogens is 3. The maximum atomic E-state index is 12.2. The number of hydrogen-bond donors (Lipinski definition) is 0. The summed E-state index contributed by atoms with van der Waals surface area (Å²) in [5.41, 5.74) is -0.337. The summed E-state index contributed by atoms with van der Waals surface area (Å²) in [6.45, 7) is 7.53. The summed E-state index contributed by atoms with van der Waals surface area (Å²) in [5, 5.41) is 14.8. The molecule has 0 aliphatic rings. The molecular weight excluding hydrogens is 292 g/mol. The lowest BCUT2D eigenvalue weighted by Gasteiger charge is -2.16. The molecule has 0 bridgehead atoms. The second-order valence-electron chi connectivity index (χ2n) is 5.89. The Morgan fingerprint density at radius 2 is 1.95 bits per heavy atom. The molecule has 1 aromatic heterocycles. The van der Waals surface area contributed by atoms with Gasteiger partial charge in [-0.3, -0.25) is 0 Å². The standard InChI is InChI=1S/C13H22N4O3S/c1-7-8(9(18)19)21-11-14-10(13(2,3)4)15-17(11)12(20)16(5)6/h8H,7H2,1-6H3,(H,18,19)/p-1. The third kappa shape index (κ3) is 4.20. The van der Waals surface area contributed by atoms with E-state index in [0.717, 1.165) is 16.4 Å². The fourth-order valence-electron chi connectivity index (χ4n) is 1.43. The molecule has 0 aliphatic heterocycles. The molecule has 1 heterocycles. The van der Waals surface area contributed by atoms with Gasteiger partial charge in [0.25, 0.3) is 0 Å². The molecule has 1 amide bonds. The highest BCUT2D eigenvalue weighted by Crippen LogP contribution is 2.27. The molecule has 1 atom stereocenters. The van der Waals surface area contributed by atoms with Gasteiger partial charge in [-0.15, -0.1) is 5.10 Å². The van der Waals surface area contributed by atoms with Gasteiger partial charge in [0.15, 0.2) is 11.0 Å². The predicted molar refractivity (Wildman–Crippen MR) is 78.1 cm³/mol. The number of carbonyl (C=O) groups excluding carboxylic acids is 2. The highest BCUT2D eigenvalue weighted by atomic mass is 32.2. The van der Waals surface area contributed by atoms with Crippen LogP contribution in [0.4, 0.5) is 4.79 Å². The van der Waals surface area contributed by atoms with Crippen molar-refractivity contribution in [2.45, 2.75) is 49.9 Å². The molecule has 0 spiro atoms. The number of rotatable bonds is 4. The van der Waals surface area contributed by atoms with Gasteiger partial charge in [-0.05, 0) is 6.42 Å². The zero-order valence-electron chi connectivity index (χ0n) is 13.2. The molecule has 118 valence electrons. The van der Waals surface area contributed by atoms with Crippen molar-refractivity contribution in [2.24, 2.45) is 0 Å². The van der Waals surface area contributed by atoms with E-state index in [9.17, 15) is 14.7 Å². The molecule has 0 saturated carbocycles. The number of aliphatic carboxylic acids is 1. The Hall–Kier alpha value is -1.57. The Morgan fingerprint density at radius 3 is 2.33 bits per heavy atom. The summed E-state index contributed by atoms with van der Waals surface area (Å²) in [6, 6.07) is -0.367. The first-order chi connectivity index (χ1) is 9.57. The first kappa shape index (κ1) is 17.5. The Bertz CT molecular complexity index is 534. The zero-order chi connectivity index (χ0) is 16.4. The van der Waals surface area contributed by atoms with Gasteiger partial charge in [0.05, 0.1) is 11.2 Å². The zero-order valence-corrected chi connectivity index (χ0v) is 14.0. The lowest BCUT2D eigenvalue weighted by Crippen LogP contribution is -2.34. The van der Waals surface area contributed by atoms with E-state index >= 15 is 0 Å². The van der Waals surface area contributed by atoms with Gasteiger partial charge in [-0.1, -0.05) is 39.5 Å². The van der Waals surface area contributed by atoms with E-state index in [4.69, 9.17) is 0 Å². The van der Waals surface area contributed by atoms with Crippen molar-refractivity contribution in [1.82, 2.24) is 19.7 Å². The molecule has 0 aromatic carbocycles. The van der Waals surface area contributed by atoms with Gasteiger partial charge >= 0.3 is 6.03 Å². The molecular formula is C13H21N4O3S-. The molecule has 0 saturated heterocycles. The van der Waals surface area contributed by atoms with Crippen LogP contribution in [0.15, 0.2) is 5.16 Å². The van der Waals surface area contributed by atoms with Gasteiger partial charge < -0.3 is 14.8 Å². The van der Waals surface area contributed by atoms with Gasteiger partial charge in [0, 0.05) is 19.5 Å². The van der Waals surface area contributed by atoms with E-state index < -0.39 is 11.2 Å². The number of carboxylic acid groups (broad SMARTS) is 1. The van der Waals surface area contributed by atoms with Crippen molar-refractivity contribution in [3.8, 4) is 0 Å². The average molecular weight is 313 g/mol. The molecule has 8 heteroatoms. The molecule has 0 fully saturated rings.